The molecule has 4 nitrogen and oxygen atoms in total. The van der Waals surface area contributed by atoms with Gasteiger partial charge in [0.1, 0.15) is 17.8 Å². The van der Waals surface area contributed by atoms with Crippen molar-refractivity contribution >= 4 is 12.7 Å². The quantitative estimate of drug-likeness (QED) is 0.383. The van der Waals surface area contributed by atoms with Gasteiger partial charge in [0, 0.05) is 11.6 Å². The van der Waals surface area contributed by atoms with Crippen molar-refractivity contribution in [2.45, 2.75) is 5.60 Å². The van der Waals surface area contributed by atoms with E-state index in [9.17, 15) is 13.2 Å². The van der Waals surface area contributed by atoms with Crippen molar-refractivity contribution in [2.75, 3.05) is 13.2 Å². The molecule has 0 bridgehead atoms. The minimum Gasteiger partial charge on any atom is -0.390 e. The fourth-order valence-electron chi connectivity index (χ4n) is 1.56. The van der Waals surface area contributed by atoms with Gasteiger partial charge in [-0.05, 0) is 6.07 Å². The number of epoxide rings is 1. The van der Waals surface area contributed by atoms with Gasteiger partial charge in [-0.2, -0.15) is 0 Å². The van der Waals surface area contributed by atoms with Crippen molar-refractivity contribution in [3.05, 3.63) is 35.1 Å². The third-order valence-electron chi connectivity index (χ3n) is 2.57. The predicted molar refractivity (Wildman–Crippen MR) is 60.0 cm³/mol. The second-order valence-corrected chi connectivity index (χ2v) is 3.78. The standard InChI is InChI=1S/C11H10F3N3O/c12-8-2-10(14)9(13)1-7(8)11(4-18-11)3-16-6-17-5-15/h1-2,5-6H,3-4H2,(H2,15,16,17). The van der Waals surface area contributed by atoms with Gasteiger partial charge in [0.25, 0.3) is 0 Å². The molecule has 7 heteroatoms. The first-order valence-corrected chi connectivity index (χ1v) is 5.10. The van der Waals surface area contributed by atoms with Crippen molar-refractivity contribution in [3.63, 3.8) is 0 Å². The van der Waals surface area contributed by atoms with Gasteiger partial charge in [0.05, 0.1) is 19.5 Å². The number of nitrogens with two attached hydrogens (primary N) is 1. The summed E-state index contributed by atoms with van der Waals surface area (Å²) < 4.78 is 44.6. The van der Waals surface area contributed by atoms with Crippen LogP contribution in [-0.4, -0.2) is 25.8 Å². The number of rotatable bonds is 4. The van der Waals surface area contributed by atoms with E-state index in [2.05, 4.69) is 9.98 Å². The second kappa shape index (κ2) is 4.77. The summed E-state index contributed by atoms with van der Waals surface area (Å²) in [6.07, 6.45) is 2.23. The number of aliphatic imine (C=N–C) groups is 2. The van der Waals surface area contributed by atoms with Crippen LogP contribution in [0.2, 0.25) is 0 Å². The Bertz CT molecular complexity index is 513. The summed E-state index contributed by atoms with van der Waals surface area (Å²) in [4.78, 5) is 7.38. The first-order chi connectivity index (χ1) is 8.59. The van der Waals surface area contributed by atoms with Gasteiger partial charge >= 0.3 is 0 Å². The van der Waals surface area contributed by atoms with Crippen LogP contribution in [0.25, 0.3) is 0 Å². The molecule has 1 aliphatic rings. The van der Waals surface area contributed by atoms with Crippen molar-refractivity contribution < 1.29 is 17.9 Å². The molecule has 1 aliphatic heterocycles. The average molecular weight is 257 g/mol. The van der Waals surface area contributed by atoms with Gasteiger partial charge in [0.15, 0.2) is 11.6 Å². The highest BCUT2D eigenvalue weighted by molar-refractivity contribution is 5.69. The number of hydrogen-bond acceptors (Lipinski definition) is 2. The molecular weight excluding hydrogens is 247 g/mol. The molecule has 0 aliphatic carbocycles. The largest absolute Gasteiger partial charge is 0.390 e. The lowest BCUT2D eigenvalue weighted by Crippen LogP contribution is -2.16. The molecule has 1 aromatic rings. The van der Waals surface area contributed by atoms with Crippen LogP contribution in [0.5, 0.6) is 0 Å². The molecule has 96 valence electrons. The van der Waals surface area contributed by atoms with Crippen LogP contribution in [0.1, 0.15) is 5.56 Å². The van der Waals surface area contributed by atoms with E-state index in [1.807, 2.05) is 0 Å². The zero-order valence-electron chi connectivity index (χ0n) is 9.24. The molecule has 0 radical (unpaired) electrons. The molecule has 1 aromatic carbocycles. The van der Waals surface area contributed by atoms with Gasteiger partial charge < -0.3 is 10.5 Å². The zero-order chi connectivity index (χ0) is 13.2. The van der Waals surface area contributed by atoms with Crippen LogP contribution < -0.4 is 5.73 Å². The maximum Gasteiger partial charge on any atom is 0.161 e. The molecule has 2 rings (SSSR count). The highest BCUT2D eigenvalue weighted by Gasteiger charge is 2.48. The third kappa shape index (κ3) is 2.35. The van der Waals surface area contributed by atoms with Crippen LogP contribution in [-0.2, 0) is 10.3 Å². The fraction of sp³-hybridized carbons (Fsp3) is 0.273. The van der Waals surface area contributed by atoms with Gasteiger partial charge in [-0.1, -0.05) is 0 Å². The van der Waals surface area contributed by atoms with E-state index in [1.165, 1.54) is 6.34 Å². The van der Waals surface area contributed by atoms with Crippen LogP contribution in [0, 0.1) is 17.5 Å². The van der Waals surface area contributed by atoms with Crippen LogP contribution in [0.15, 0.2) is 22.1 Å². The number of benzene rings is 1. The van der Waals surface area contributed by atoms with E-state index in [4.69, 9.17) is 10.5 Å². The topological polar surface area (TPSA) is 63.3 Å². The van der Waals surface area contributed by atoms with Gasteiger partial charge in [-0.3, -0.25) is 4.99 Å². The predicted octanol–water partition coefficient (Wildman–Crippen LogP) is 1.34. The third-order valence-corrected chi connectivity index (χ3v) is 2.57. The van der Waals surface area contributed by atoms with E-state index in [1.54, 1.807) is 0 Å². The van der Waals surface area contributed by atoms with Crippen molar-refractivity contribution in [1.82, 2.24) is 0 Å². The molecule has 1 saturated heterocycles. The average Bonchev–Trinajstić information content (AvgIpc) is 3.10. The SMILES string of the molecule is NC=NC=NCC1(c2cc(F)c(F)cc2F)CO1. The van der Waals surface area contributed by atoms with E-state index < -0.39 is 23.1 Å². The Hall–Kier alpha value is -1.89. The molecule has 1 fully saturated rings. The summed E-state index contributed by atoms with van der Waals surface area (Å²) in [6.45, 7) is 0.255. The number of ether oxygens (including phenoxy) is 1. The molecule has 2 N–H and O–H groups in total. The highest BCUT2D eigenvalue weighted by atomic mass is 19.2. The molecule has 0 amide bonds. The summed E-state index contributed by atoms with van der Waals surface area (Å²) in [5.41, 5.74) is 3.93. The van der Waals surface area contributed by atoms with E-state index in [-0.39, 0.29) is 18.7 Å². The number of halogens is 3. The Labute approximate surface area is 101 Å². The normalized spacial score (nSPS) is 23.1. The summed E-state index contributed by atoms with van der Waals surface area (Å²) in [5, 5.41) is 0. The second-order valence-electron chi connectivity index (χ2n) is 3.78. The summed E-state index contributed by atoms with van der Waals surface area (Å²) in [6, 6.07) is 1.29. The van der Waals surface area contributed by atoms with Crippen LogP contribution >= 0.6 is 0 Å². The lowest BCUT2D eigenvalue weighted by atomic mass is 9.99. The monoisotopic (exact) mass is 257 g/mol. The Balaban J connectivity index is 2.23. The molecule has 1 atom stereocenters. The molecule has 1 unspecified atom stereocenters. The molecule has 0 spiro atoms. The molecule has 18 heavy (non-hydrogen) atoms. The molecular formula is C11H10F3N3O. The van der Waals surface area contributed by atoms with E-state index in [0.29, 0.717) is 6.07 Å². The Kier molecular flexibility index (Phi) is 3.33. The van der Waals surface area contributed by atoms with Gasteiger partial charge in [-0.15, -0.1) is 0 Å². The lowest BCUT2D eigenvalue weighted by Gasteiger charge is -2.10. The lowest BCUT2D eigenvalue weighted by molar-refractivity contribution is 0.305. The summed E-state index contributed by atoms with van der Waals surface area (Å²) in [5.74, 6) is -3.21. The maximum absolute atomic E-state index is 13.6. The smallest absolute Gasteiger partial charge is 0.161 e. The van der Waals surface area contributed by atoms with Crippen molar-refractivity contribution in [2.24, 2.45) is 15.7 Å². The van der Waals surface area contributed by atoms with Gasteiger partial charge in [0.2, 0.25) is 0 Å². The first kappa shape index (κ1) is 12.6. The molecule has 1 heterocycles. The Morgan fingerprint density at radius 1 is 1.28 bits per heavy atom. The van der Waals surface area contributed by atoms with Crippen molar-refractivity contribution in [3.8, 4) is 0 Å². The maximum atomic E-state index is 13.6. The minimum absolute atomic E-state index is 0.0460. The van der Waals surface area contributed by atoms with E-state index in [0.717, 1.165) is 12.4 Å². The fourth-order valence-corrected chi connectivity index (χ4v) is 1.56. The van der Waals surface area contributed by atoms with Crippen LogP contribution in [0.3, 0.4) is 0 Å². The summed E-state index contributed by atoms with van der Waals surface area (Å²) in [7, 11) is 0. The van der Waals surface area contributed by atoms with Crippen molar-refractivity contribution in [1.29, 1.82) is 0 Å². The van der Waals surface area contributed by atoms with E-state index >= 15 is 0 Å². The summed E-state index contributed by atoms with van der Waals surface area (Å²) >= 11 is 0. The van der Waals surface area contributed by atoms with Gasteiger partial charge in [-0.25, -0.2) is 18.2 Å². The Morgan fingerprint density at radius 3 is 2.56 bits per heavy atom. The highest BCUT2D eigenvalue weighted by Crippen LogP contribution is 2.40. The Morgan fingerprint density at radius 2 is 1.94 bits per heavy atom. The minimum atomic E-state index is -1.23. The first-order valence-electron chi connectivity index (χ1n) is 5.10. The molecule has 0 aromatic heterocycles. The number of hydrogen-bond donors (Lipinski definition) is 1. The zero-order valence-corrected chi connectivity index (χ0v) is 9.24. The number of nitrogens with zero attached hydrogens (tertiary/aromatic N) is 2. The van der Waals surface area contributed by atoms with Crippen LogP contribution in [0.4, 0.5) is 13.2 Å². The molecule has 0 saturated carbocycles.